The molecular weight excluding hydrogens is 340 g/mol. The van der Waals surface area contributed by atoms with Crippen molar-refractivity contribution in [1.29, 1.82) is 0 Å². The fourth-order valence-electron chi connectivity index (χ4n) is 4.27. The maximum absolute atomic E-state index is 13.1. The average molecular weight is 368 g/mol. The second-order valence-corrected chi connectivity index (χ2v) is 7.63. The van der Waals surface area contributed by atoms with E-state index in [9.17, 15) is 4.79 Å². The van der Waals surface area contributed by atoms with E-state index in [1.807, 2.05) is 24.5 Å². The lowest BCUT2D eigenvalue weighted by molar-refractivity contribution is -0.137. The Balaban J connectivity index is 1.31. The third kappa shape index (κ3) is 4.16. The van der Waals surface area contributed by atoms with Crippen molar-refractivity contribution in [3.05, 3.63) is 48.2 Å². The van der Waals surface area contributed by atoms with Crippen molar-refractivity contribution in [3.8, 4) is 0 Å². The SMILES string of the molecule is Cc1cnccc1N1CCN(C(=O)[C@H]2CCCN(Cc3ccco3)C2)CC1. The van der Waals surface area contributed by atoms with Crippen LogP contribution in [0.2, 0.25) is 0 Å². The number of piperazine rings is 1. The summed E-state index contributed by atoms with van der Waals surface area (Å²) in [5.74, 6) is 1.41. The molecule has 0 unspecified atom stereocenters. The average Bonchev–Trinajstić information content (AvgIpc) is 3.21. The molecule has 2 aliphatic heterocycles. The molecule has 0 bridgehead atoms. The topological polar surface area (TPSA) is 52.8 Å². The summed E-state index contributed by atoms with van der Waals surface area (Å²) >= 11 is 0. The number of hydrogen-bond donors (Lipinski definition) is 0. The van der Waals surface area contributed by atoms with Gasteiger partial charge in [0, 0.05) is 50.8 Å². The van der Waals surface area contributed by atoms with Gasteiger partial charge in [0.25, 0.3) is 0 Å². The summed E-state index contributed by atoms with van der Waals surface area (Å²) in [5.41, 5.74) is 2.43. The van der Waals surface area contributed by atoms with Crippen molar-refractivity contribution in [3.63, 3.8) is 0 Å². The lowest BCUT2D eigenvalue weighted by atomic mass is 9.96. The number of aromatic nitrogens is 1. The molecule has 1 atom stereocenters. The first-order valence-electron chi connectivity index (χ1n) is 9.90. The minimum absolute atomic E-state index is 0.114. The molecular formula is C21H28N4O2. The number of pyridine rings is 1. The molecule has 2 fully saturated rings. The highest BCUT2D eigenvalue weighted by Gasteiger charge is 2.31. The molecule has 2 aromatic heterocycles. The number of likely N-dealkylation sites (tertiary alicyclic amines) is 1. The van der Waals surface area contributed by atoms with Crippen LogP contribution in [-0.2, 0) is 11.3 Å². The first-order valence-corrected chi connectivity index (χ1v) is 9.90. The number of carbonyl (C=O) groups is 1. The Morgan fingerprint density at radius 2 is 2.07 bits per heavy atom. The highest BCUT2D eigenvalue weighted by Crippen LogP contribution is 2.24. The van der Waals surface area contributed by atoms with E-state index >= 15 is 0 Å². The number of aryl methyl sites for hydroxylation is 1. The van der Waals surface area contributed by atoms with E-state index in [4.69, 9.17) is 4.42 Å². The van der Waals surface area contributed by atoms with E-state index in [1.165, 1.54) is 11.3 Å². The summed E-state index contributed by atoms with van der Waals surface area (Å²) in [6, 6.07) is 6.00. The summed E-state index contributed by atoms with van der Waals surface area (Å²) in [6.07, 6.45) is 7.54. The van der Waals surface area contributed by atoms with Gasteiger partial charge >= 0.3 is 0 Å². The van der Waals surface area contributed by atoms with Gasteiger partial charge in [-0.05, 0) is 50.1 Å². The van der Waals surface area contributed by atoms with Crippen LogP contribution in [0.25, 0.3) is 0 Å². The van der Waals surface area contributed by atoms with Crippen molar-refractivity contribution in [2.45, 2.75) is 26.3 Å². The molecule has 6 nitrogen and oxygen atoms in total. The zero-order chi connectivity index (χ0) is 18.6. The summed E-state index contributed by atoms with van der Waals surface area (Å²) < 4.78 is 5.46. The highest BCUT2D eigenvalue weighted by molar-refractivity contribution is 5.79. The van der Waals surface area contributed by atoms with E-state index in [1.54, 1.807) is 6.26 Å². The fraction of sp³-hybridized carbons (Fsp3) is 0.524. The maximum atomic E-state index is 13.1. The molecule has 0 spiro atoms. The molecule has 0 aliphatic carbocycles. The summed E-state index contributed by atoms with van der Waals surface area (Å²) in [5, 5.41) is 0. The number of furan rings is 1. The molecule has 2 saturated heterocycles. The van der Waals surface area contributed by atoms with Crippen molar-refractivity contribution >= 4 is 11.6 Å². The standard InChI is InChI=1S/C21H28N4O2/c1-17-14-22-7-6-20(17)24-9-11-25(12-10-24)21(26)18-4-2-8-23(15-18)16-19-5-3-13-27-19/h3,5-7,13-14,18H,2,4,8-12,15-16H2,1H3/t18-/m0/s1. The zero-order valence-electron chi connectivity index (χ0n) is 16.0. The van der Waals surface area contributed by atoms with Crippen LogP contribution in [0.3, 0.4) is 0 Å². The number of anilines is 1. The van der Waals surface area contributed by atoms with Gasteiger partial charge in [-0.15, -0.1) is 0 Å². The Bertz CT molecular complexity index is 753. The number of rotatable bonds is 4. The number of carbonyl (C=O) groups excluding carboxylic acids is 1. The molecule has 2 aromatic rings. The molecule has 0 N–H and O–H groups in total. The van der Waals surface area contributed by atoms with Crippen LogP contribution in [0.1, 0.15) is 24.2 Å². The second-order valence-electron chi connectivity index (χ2n) is 7.63. The zero-order valence-corrected chi connectivity index (χ0v) is 16.0. The van der Waals surface area contributed by atoms with Gasteiger partial charge in [-0.2, -0.15) is 0 Å². The van der Waals surface area contributed by atoms with Crippen molar-refractivity contribution in [2.24, 2.45) is 5.92 Å². The lowest BCUT2D eigenvalue weighted by Crippen LogP contribution is -2.52. The Morgan fingerprint density at radius 1 is 1.22 bits per heavy atom. The van der Waals surface area contributed by atoms with Gasteiger partial charge in [0.05, 0.1) is 18.7 Å². The predicted molar refractivity (Wildman–Crippen MR) is 104 cm³/mol. The maximum Gasteiger partial charge on any atom is 0.227 e. The molecule has 27 heavy (non-hydrogen) atoms. The third-order valence-electron chi connectivity index (χ3n) is 5.74. The van der Waals surface area contributed by atoms with E-state index in [0.717, 1.165) is 64.4 Å². The van der Waals surface area contributed by atoms with Crippen LogP contribution in [-0.4, -0.2) is 60.0 Å². The van der Waals surface area contributed by atoms with Gasteiger partial charge in [-0.25, -0.2) is 0 Å². The minimum atomic E-state index is 0.114. The van der Waals surface area contributed by atoms with Crippen LogP contribution < -0.4 is 4.90 Å². The fourth-order valence-corrected chi connectivity index (χ4v) is 4.27. The molecule has 0 saturated carbocycles. The van der Waals surface area contributed by atoms with Crippen molar-refractivity contribution in [2.75, 3.05) is 44.2 Å². The van der Waals surface area contributed by atoms with Crippen LogP contribution in [0.15, 0.2) is 41.3 Å². The molecule has 1 amide bonds. The lowest BCUT2D eigenvalue weighted by Gasteiger charge is -2.40. The van der Waals surface area contributed by atoms with Gasteiger partial charge < -0.3 is 14.2 Å². The van der Waals surface area contributed by atoms with Crippen LogP contribution in [0, 0.1) is 12.8 Å². The Hall–Kier alpha value is -2.34. The monoisotopic (exact) mass is 368 g/mol. The highest BCUT2D eigenvalue weighted by atomic mass is 16.3. The molecule has 2 aliphatic rings. The van der Waals surface area contributed by atoms with Crippen LogP contribution in [0.4, 0.5) is 5.69 Å². The Labute approximate surface area is 160 Å². The smallest absolute Gasteiger partial charge is 0.227 e. The van der Waals surface area contributed by atoms with E-state index in [0.29, 0.717) is 5.91 Å². The first-order chi connectivity index (χ1) is 13.2. The van der Waals surface area contributed by atoms with Gasteiger partial charge in [0.1, 0.15) is 5.76 Å². The van der Waals surface area contributed by atoms with Crippen molar-refractivity contribution in [1.82, 2.24) is 14.8 Å². The Morgan fingerprint density at radius 3 is 2.81 bits per heavy atom. The van der Waals surface area contributed by atoms with Crippen LogP contribution in [0.5, 0.6) is 0 Å². The van der Waals surface area contributed by atoms with E-state index in [-0.39, 0.29) is 5.92 Å². The quantitative estimate of drug-likeness (QED) is 0.830. The number of hydrogen-bond acceptors (Lipinski definition) is 5. The Kier molecular flexibility index (Phi) is 5.43. The largest absolute Gasteiger partial charge is 0.468 e. The number of nitrogens with zero attached hydrogens (tertiary/aromatic N) is 4. The molecule has 144 valence electrons. The summed E-state index contributed by atoms with van der Waals surface area (Å²) in [4.78, 5) is 24.0. The second kappa shape index (κ2) is 8.13. The van der Waals surface area contributed by atoms with E-state index in [2.05, 4.69) is 32.7 Å². The van der Waals surface area contributed by atoms with Gasteiger partial charge in [0.15, 0.2) is 0 Å². The van der Waals surface area contributed by atoms with Crippen LogP contribution >= 0.6 is 0 Å². The minimum Gasteiger partial charge on any atom is -0.468 e. The normalized spacial score (nSPS) is 21.4. The number of piperidine rings is 1. The van der Waals surface area contributed by atoms with Gasteiger partial charge in [-0.1, -0.05) is 0 Å². The molecule has 4 rings (SSSR count). The van der Waals surface area contributed by atoms with Crippen molar-refractivity contribution < 1.29 is 9.21 Å². The van der Waals surface area contributed by atoms with Gasteiger partial charge in [-0.3, -0.25) is 14.7 Å². The molecule has 0 aromatic carbocycles. The van der Waals surface area contributed by atoms with Gasteiger partial charge in [0.2, 0.25) is 5.91 Å². The summed E-state index contributed by atoms with van der Waals surface area (Å²) in [7, 11) is 0. The molecule has 6 heteroatoms. The first kappa shape index (κ1) is 18.0. The van der Waals surface area contributed by atoms with E-state index < -0.39 is 0 Å². The predicted octanol–water partition coefficient (Wildman–Crippen LogP) is 2.54. The molecule has 4 heterocycles. The molecule has 0 radical (unpaired) electrons. The number of amides is 1. The summed E-state index contributed by atoms with van der Waals surface area (Å²) in [6.45, 7) is 8.15. The third-order valence-corrected chi connectivity index (χ3v) is 5.74.